The molecule has 0 aliphatic heterocycles. The van der Waals surface area contributed by atoms with Crippen molar-refractivity contribution >= 4 is 5.91 Å². The molecular weight excluding hydrogens is 292 g/mol. The van der Waals surface area contributed by atoms with Crippen LogP contribution in [0.5, 0.6) is 0 Å². The summed E-state index contributed by atoms with van der Waals surface area (Å²) in [6.45, 7) is 4.77. The topological polar surface area (TPSA) is 82.2 Å². The first kappa shape index (κ1) is 17.2. The fourth-order valence-electron chi connectivity index (χ4n) is 2.33. The van der Waals surface area contributed by atoms with Gasteiger partial charge in [0, 0.05) is 25.4 Å². The van der Waals surface area contributed by atoms with Crippen molar-refractivity contribution in [3.8, 4) is 5.69 Å². The molecule has 0 saturated heterocycles. The molecule has 3 N–H and O–H groups in total. The van der Waals surface area contributed by atoms with E-state index < -0.39 is 6.04 Å². The number of aromatic nitrogens is 2. The highest BCUT2D eigenvalue weighted by atomic mass is 16.5. The number of nitrogens with zero attached hydrogens (tertiary/aromatic N) is 2. The minimum atomic E-state index is -0.660. The molecule has 6 nitrogen and oxygen atoms in total. The van der Waals surface area contributed by atoms with Crippen LogP contribution in [0.15, 0.2) is 36.5 Å². The second-order valence-electron chi connectivity index (χ2n) is 5.75. The fourth-order valence-corrected chi connectivity index (χ4v) is 2.33. The Labute approximate surface area is 136 Å². The third kappa shape index (κ3) is 4.40. The normalized spacial score (nSPS) is 12.4. The zero-order valence-corrected chi connectivity index (χ0v) is 13.8. The van der Waals surface area contributed by atoms with Crippen LogP contribution < -0.4 is 11.1 Å². The Kier molecular flexibility index (Phi) is 5.90. The van der Waals surface area contributed by atoms with Gasteiger partial charge in [0.25, 0.3) is 0 Å². The molecule has 0 spiro atoms. The number of benzene rings is 1. The van der Waals surface area contributed by atoms with E-state index in [1.807, 2.05) is 41.2 Å². The molecule has 1 aromatic heterocycles. The summed E-state index contributed by atoms with van der Waals surface area (Å²) in [5.41, 5.74) is 8.67. The molecule has 1 unspecified atom stereocenters. The fraction of sp³-hybridized carbons (Fsp3) is 0.412. The lowest BCUT2D eigenvalue weighted by Crippen LogP contribution is -2.43. The van der Waals surface area contributed by atoms with Crippen LogP contribution in [0.1, 0.15) is 31.0 Å². The largest absolute Gasteiger partial charge is 0.383 e. The van der Waals surface area contributed by atoms with Crippen LogP contribution in [-0.4, -0.2) is 35.4 Å². The number of hydrogen-bond donors (Lipinski definition) is 2. The number of para-hydroxylation sites is 1. The maximum atomic E-state index is 11.9. The molecule has 0 aliphatic carbocycles. The highest BCUT2D eigenvalue weighted by Crippen LogP contribution is 2.19. The summed E-state index contributed by atoms with van der Waals surface area (Å²) < 4.78 is 6.74. The maximum Gasteiger partial charge on any atom is 0.239 e. The summed E-state index contributed by atoms with van der Waals surface area (Å²) in [5.74, 6) is 0.0357. The first-order chi connectivity index (χ1) is 11.0. The zero-order chi connectivity index (χ0) is 16.8. The summed E-state index contributed by atoms with van der Waals surface area (Å²) in [6.07, 6.45) is 1.95. The molecular formula is C17H24N4O2. The predicted octanol–water partition coefficient (Wildman–Crippen LogP) is 1.59. The highest BCUT2D eigenvalue weighted by molar-refractivity contribution is 5.81. The first-order valence-electron chi connectivity index (χ1n) is 7.69. The van der Waals surface area contributed by atoms with Gasteiger partial charge in [0.15, 0.2) is 0 Å². The lowest BCUT2D eigenvalue weighted by molar-refractivity contribution is -0.123. The first-order valence-corrected chi connectivity index (χ1v) is 7.69. The molecule has 6 heteroatoms. The summed E-state index contributed by atoms with van der Waals surface area (Å²) in [4.78, 5) is 11.9. The van der Waals surface area contributed by atoms with Gasteiger partial charge < -0.3 is 15.8 Å². The van der Waals surface area contributed by atoms with Crippen molar-refractivity contribution in [3.63, 3.8) is 0 Å². The van der Waals surface area contributed by atoms with E-state index in [2.05, 4.69) is 24.3 Å². The van der Waals surface area contributed by atoms with Crippen molar-refractivity contribution in [2.24, 2.45) is 5.73 Å². The number of nitrogens with two attached hydrogens (primary N) is 1. The van der Waals surface area contributed by atoms with E-state index in [4.69, 9.17) is 10.5 Å². The van der Waals surface area contributed by atoms with Crippen LogP contribution >= 0.6 is 0 Å². The van der Waals surface area contributed by atoms with E-state index in [1.165, 1.54) is 7.11 Å². The van der Waals surface area contributed by atoms with E-state index in [9.17, 15) is 4.79 Å². The van der Waals surface area contributed by atoms with Crippen LogP contribution in [0.3, 0.4) is 0 Å². The second-order valence-corrected chi connectivity index (χ2v) is 5.75. The van der Waals surface area contributed by atoms with Gasteiger partial charge in [-0.05, 0) is 18.1 Å². The minimum absolute atomic E-state index is 0.201. The quantitative estimate of drug-likeness (QED) is 0.812. The van der Waals surface area contributed by atoms with Crippen molar-refractivity contribution in [1.82, 2.24) is 15.1 Å². The van der Waals surface area contributed by atoms with E-state index in [1.54, 1.807) is 0 Å². The summed E-state index contributed by atoms with van der Waals surface area (Å²) in [7, 11) is 1.52. The van der Waals surface area contributed by atoms with Gasteiger partial charge in [-0.3, -0.25) is 4.79 Å². The molecule has 2 rings (SSSR count). The van der Waals surface area contributed by atoms with Crippen molar-refractivity contribution in [2.75, 3.05) is 13.7 Å². The van der Waals surface area contributed by atoms with Gasteiger partial charge in [0.05, 0.1) is 18.0 Å². The Bertz CT molecular complexity index is 637. The summed E-state index contributed by atoms with van der Waals surface area (Å²) in [5, 5.41) is 7.49. The van der Waals surface area contributed by atoms with Crippen LogP contribution in [0, 0.1) is 0 Å². The van der Waals surface area contributed by atoms with Gasteiger partial charge in [-0.2, -0.15) is 5.10 Å². The van der Waals surface area contributed by atoms with Crippen molar-refractivity contribution in [3.05, 3.63) is 47.8 Å². The van der Waals surface area contributed by atoms with E-state index in [-0.39, 0.29) is 18.4 Å². The van der Waals surface area contributed by atoms with Crippen LogP contribution in [0.4, 0.5) is 0 Å². The number of rotatable bonds is 7. The number of carbonyl (C=O) groups excluding carboxylic acids is 1. The Hall–Kier alpha value is -2.18. The molecule has 23 heavy (non-hydrogen) atoms. The third-order valence-corrected chi connectivity index (χ3v) is 3.53. The van der Waals surface area contributed by atoms with Gasteiger partial charge >= 0.3 is 0 Å². The molecule has 0 radical (unpaired) electrons. The van der Waals surface area contributed by atoms with E-state index in [0.29, 0.717) is 6.54 Å². The van der Waals surface area contributed by atoms with E-state index in [0.717, 1.165) is 16.9 Å². The molecule has 1 amide bonds. The molecule has 1 heterocycles. The van der Waals surface area contributed by atoms with Gasteiger partial charge in [-0.25, -0.2) is 4.68 Å². The average molecular weight is 316 g/mol. The smallest absolute Gasteiger partial charge is 0.239 e. The Morgan fingerprint density at radius 1 is 1.35 bits per heavy atom. The van der Waals surface area contributed by atoms with Crippen molar-refractivity contribution in [1.29, 1.82) is 0 Å². The number of hydrogen-bond acceptors (Lipinski definition) is 4. The number of nitrogens with one attached hydrogen (secondary N) is 1. The van der Waals surface area contributed by atoms with Gasteiger partial charge in [-0.1, -0.05) is 32.0 Å². The lowest BCUT2D eigenvalue weighted by Gasteiger charge is -2.11. The molecule has 124 valence electrons. The predicted molar refractivity (Wildman–Crippen MR) is 89.4 cm³/mol. The maximum absolute atomic E-state index is 11.9. The molecule has 0 saturated carbocycles. The number of methoxy groups -OCH3 is 1. The number of amides is 1. The van der Waals surface area contributed by atoms with E-state index >= 15 is 0 Å². The van der Waals surface area contributed by atoms with Crippen molar-refractivity contribution < 1.29 is 9.53 Å². The molecule has 2 aromatic rings. The Morgan fingerprint density at radius 3 is 2.65 bits per heavy atom. The van der Waals surface area contributed by atoms with Crippen LogP contribution in [-0.2, 0) is 16.1 Å². The van der Waals surface area contributed by atoms with Crippen molar-refractivity contribution in [2.45, 2.75) is 32.4 Å². The zero-order valence-electron chi connectivity index (χ0n) is 13.8. The summed E-state index contributed by atoms with van der Waals surface area (Å²) in [6, 6.07) is 9.23. The molecule has 1 aromatic carbocycles. The highest BCUT2D eigenvalue weighted by Gasteiger charge is 2.16. The van der Waals surface area contributed by atoms with Gasteiger partial charge in [-0.15, -0.1) is 0 Å². The van der Waals surface area contributed by atoms with Gasteiger partial charge in [0.1, 0.15) is 6.04 Å². The monoisotopic (exact) mass is 316 g/mol. The second kappa shape index (κ2) is 7.89. The molecule has 1 atom stereocenters. The lowest BCUT2D eigenvalue weighted by atomic mass is 10.1. The average Bonchev–Trinajstić information content (AvgIpc) is 2.98. The SMILES string of the molecule is COCC(N)C(=O)NCc1cn(-c2ccccc2)nc1C(C)C. The molecule has 0 aliphatic rings. The Morgan fingerprint density at radius 2 is 2.04 bits per heavy atom. The van der Waals surface area contributed by atoms with Crippen LogP contribution in [0.25, 0.3) is 5.69 Å². The van der Waals surface area contributed by atoms with Crippen LogP contribution in [0.2, 0.25) is 0 Å². The number of ether oxygens (including phenoxy) is 1. The summed E-state index contributed by atoms with van der Waals surface area (Å²) >= 11 is 0. The number of carbonyl (C=O) groups is 1. The standard InChI is InChI=1S/C17H24N4O2/c1-12(2)16-13(9-19-17(22)15(18)11-23-3)10-21(20-16)14-7-5-4-6-8-14/h4-8,10,12,15H,9,11,18H2,1-3H3,(H,19,22). The Balaban J connectivity index is 2.15. The third-order valence-electron chi connectivity index (χ3n) is 3.53. The molecule has 0 fully saturated rings. The minimum Gasteiger partial charge on any atom is -0.383 e. The van der Waals surface area contributed by atoms with Gasteiger partial charge in [0.2, 0.25) is 5.91 Å². The molecule has 0 bridgehead atoms.